The van der Waals surface area contributed by atoms with Gasteiger partial charge >= 0.3 is 0 Å². The van der Waals surface area contributed by atoms with Gasteiger partial charge in [0.15, 0.2) is 0 Å². The monoisotopic (exact) mass is 213 g/mol. The van der Waals surface area contributed by atoms with Crippen LogP contribution in [0.1, 0.15) is 6.42 Å². The Kier molecular flexibility index (Phi) is 2.93. The van der Waals surface area contributed by atoms with Crippen molar-refractivity contribution in [2.45, 2.75) is 17.5 Å². The van der Waals surface area contributed by atoms with Crippen molar-refractivity contribution in [3.05, 3.63) is 30.3 Å². The van der Waals surface area contributed by atoms with Crippen LogP contribution in [0.4, 0.5) is 4.39 Å². The Morgan fingerprint density at radius 3 is 2.64 bits per heavy atom. The van der Waals surface area contributed by atoms with Crippen molar-refractivity contribution in [2.75, 3.05) is 13.1 Å². The molecule has 0 radical (unpaired) electrons. The smallest absolute Gasteiger partial charge is 0.127 e. The van der Waals surface area contributed by atoms with E-state index in [0.717, 1.165) is 4.90 Å². The highest BCUT2D eigenvalue weighted by Crippen LogP contribution is 2.18. The summed E-state index contributed by atoms with van der Waals surface area (Å²) in [4.78, 5) is 0.751. The normalized spacial score (nSPS) is 25.1. The molecule has 76 valence electrons. The highest BCUT2D eigenvalue weighted by molar-refractivity contribution is 7.82. The number of hydrogen-bond acceptors (Lipinski definition) is 1. The number of nitrogens with zero attached hydrogens (tertiary/aromatic N) is 1. The number of halogens is 1. The summed E-state index contributed by atoms with van der Waals surface area (Å²) in [5, 5.41) is 0. The second-order valence-electron chi connectivity index (χ2n) is 3.34. The molecule has 1 aliphatic heterocycles. The van der Waals surface area contributed by atoms with Crippen molar-refractivity contribution in [3.63, 3.8) is 0 Å². The molecule has 4 heteroatoms. The highest BCUT2D eigenvalue weighted by Gasteiger charge is 2.26. The third-order valence-electron chi connectivity index (χ3n) is 2.27. The zero-order chi connectivity index (χ0) is 9.97. The van der Waals surface area contributed by atoms with Crippen molar-refractivity contribution in [1.82, 2.24) is 4.31 Å². The molecule has 1 aromatic rings. The van der Waals surface area contributed by atoms with E-state index in [4.69, 9.17) is 0 Å². The summed E-state index contributed by atoms with van der Waals surface area (Å²) in [5.41, 5.74) is 0. The predicted molar refractivity (Wildman–Crippen MR) is 53.9 cm³/mol. The fraction of sp³-hybridized carbons (Fsp3) is 0.400. The number of rotatable bonds is 2. The molecule has 1 aliphatic rings. The summed E-state index contributed by atoms with van der Waals surface area (Å²) in [5.74, 6) is 0. The first-order valence-corrected chi connectivity index (χ1v) is 5.74. The van der Waals surface area contributed by atoms with Crippen LogP contribution in [0.5, 0.6) is 0 Å². The van der Waals surface area contributed by atoms with Crippen LogP contribution in [-0.4, -0.2) is 27.8 Å². The lowest BCUT2D eigenvalue weighted by Gasteiger charge is -2.13. The van der Waals surface area contributed by atoms with Gasteiger partial charge in [0.05, 0.1) is 4.90 Å². The Balaban J connectivity index is 2.10. The van der Waals surface area contributed by atoms with E-state index in [-0.39, 0.29) is 0 Å². The van der Waals surface area contributed by atoms with Crippen molar-refractivity contribution in [2.24, 2.45) is 0 Å². The summed E-state index contributed by atoms with van der Waals surface area (Å²) < 4.78 is 26.4. The fourth-order valence-corrected chi connectivity index (χ4v) is 2.78. The molecular weight excluding hydrogens is 201 g/mol. The largest absolute Gasteiger partial charge is 0.246 e. The van der Waals surface area contributed by atoms with E-state index < -0.39 is 17.2 Å². The van der Waals surface area contributed by atoms with Gasteiger partial charge in [-0.1, -0.05) is 18.2 Å². The maximum Gasteiger partial charge on any atom is 0.127 e. The summed E-state index contributed by atoms with van der Waals surface area (Å²) in [6.45, 7) is 0.879. The molecule has 1 heterocycles. The van der Waals surface area contributed by atoms with Gasteiger partial charge in [0.2, 0.25) is 0 Å². The van der Waals surface area contributed by atoms with E-state index in [0.29, 0.717) is 19.5 Å². The Hall–Kier alpha value is -0.740. The first kappa shape index (κ1) is 9.80. The molecule has 0 aromatic heterocycles. The zero-order valence-corrected chi connectivity index (χ0v) is 8.54. The minimum Gasteiger partial charge on any atom is -0.246 e. The van der Waals surface area contributed by atoms with Crippen LogP contribution in [0, 0.1) is 0 Å². The van der Waals surface area contributed by atoms with Gasteiger partial charge < -0.3 is 0 Å². The maximum atomic E-state index is 12.9. The summed E-state index contributed by atoms with van der Waals surface area (Å²) in [7, 11) is -1.19. The Morgan fingerprint density at radius 2 is 2.07 bits per heavy atom. The standard InChI is InChI=1S/C10H12FNOS/c11-9-6-7-12(8-9)14(13)10-4-2-1-3-5-10/h1-5,9H,6-8H2/t9-,14?/m1/s1. The molecule has 2 nitrogen and oxygen atoms in total. The van der Waals surface area contributed by atoms with E-state index in [9.17, 15) is 8.60 Å². The van der Waals surface area contributed by atoms with Crippen molar-refractivity contribution in [3.8, 4) is 0 Å². The summed E-state index contributed by atoms with van der Waals surface area (Å²) >= 11 is 0. The van der Waals surface area contributed by atoms with Crippen molar-refractivity contribution < 1.29 is 8.60 Å². The molecule has 1 aromatic carbocycles. The van der Waals surface area contributed by atoms with Gasteiger partial charge in [-0.25, -0.2) is 12.9 Å². The third kappa shape index (κ3) is 2.01. The topological polar surface area (TPSA) is 20.3 Å². The molecule has 0 amide bonds. The molecule has 0 bridgehead atoms. The van der Waals surface area contributed by atoms with Crippen LogP contribution in [0.25, 0.3) is 0 Å². The summed E-state index contributed by atoms with van der Waals surface area (Å²) in [6, 6.07) is 9.18. The van der Waals surface area contributed by atoms with Gasteiger partial charge in [-0.05, 0) is 18.6 Å². The van der Waals surface area contributed by atoms with Crippen LogP contribution in [0.15, 0.2) is 35.2 Å². The van der Waals surface area contributed by atoms with E-state index in [1.807, 2.05) is 30.3 Å². The number of alkyl halides is 1. The molecule has 14 heavy (non-hydrogen) atoms. The molecule has 0 N–H and O–H groups in total. The first-order valence-electron chi connectivity index (χ1n) is 4.63. The van der Waals surface area contributed by atoms with Crippen LogP contribution >= 0.6 is 0 Å². The molecule has 1 fully saturated rings. The lowest BCUT2D eigenvalue weighted by Crippen LogP contribution is -2.23. The first-order chi connectivity index (χ1) is 6.77. The fourth-order valence-electron chi connectivity index (χ4n) is 1.52. The van der Waals surface area contributed by atoms with Gasteiger partial charge in [0.1, 0.15) is 17.2 Å². The Labute approximate surface area is 85.3 Å². The average Bonchev–Trinajstić information content (AvgIpc) is 2.65. The van der Waals surface area contributed by atoms with Crippen LogP contribution in [0.3, 0.4) is 0 Å². The zero-order valence-electron chi connectivity index (χ0n) is 7.73. The van der Waals surface area contributed by atoms with Gasteiger partial charge in [0, 0.05) is 13.1 Å². The van der Waals surface area contributed by atoms with Crippen molar-refractivity contribution in [1.29, 1.82) is 0 Å². The average molecular weight is 213 g/mol. The van der Waals surface area contributed by atoms with Crippen LogP contribution in [0.2, 0.25) is 0 Å². The van der Waals surface area contributed by atoms with Crippen LogP contribution in [-0.2, 0) is 11.0 Å². The van der Waals surface area contributed by atoms with E-state index in [1.54, 1.807) is 4.31 Å². The second kappa shape index (κ2) is 4.19. The SMILES string of the molecule is O=S(c1ccccc1)N1CC[C@@H](F)C1. The molecule has 1 unspecified atom stereocenters. The molecule has 1 saturated heterocycles. The highest BCUT2D eigenvalue weighted by atomic mass is 32.2. The van der Waals surface area contributed by atoms with Gasteiger partial charge in [-0.3, -0.25) is 0 Å². The molecule has 0 aliphatic carbocycles. The minimum absolute atomic E-state index is 0.293. The number of hydrogen-bond donors (Lipinski definition) is 0. The predicted octanol–water partition coefficient (Wildman–Crippen LogP) is 1.75. The second-order valence-corrected chi connectivity index (χ2v) is 4.82. The molecule has 2 atom stereocenters. The minimum atomic E-state index is -1.19. The lowest BCUT2D eigenvalue weighted by atomic mass is 10.4. The molecule has 0 spiro atoms. The van der Waals surface area contributed by atoms with Crippen LogP contribution < -0.4 is 0 Å². The van der Waals surface area contributed by atoms with Gasteiger partial charge in [0.25, 0.3) is 0 Å². The molecule has 2 rings (SSSR count). The molecular formula is C10H12FNOS. The third-order valence-corrected chi connectivity index (χ3v) is 3.75. The summed E-state index contributed by atoms with van der Waals surface area (Å²) in [6.07, 6.45) is -0.318. The van der Waals surface area contributed by atoms with E-state index in [1.165, 1.54) is 0 Å². The lowest BCUT2D eigenvalue weighted by molar-refractivity contribution is 0.347. The molecule has 0 saturated carbocycles. The quantitative estimate of drug-likeness (QED) is 0.733. The van der Waals surface area contributed by atoms with Gasteiger partial charge in [-0.15, -0.1) is 0 Å². The Bertz CT molecular complexity index is 330. The Morgan fingerprint density at radius 1 is 1.36 bits per heavy atom. The maximum absolute atomic E-state index is 12.9. The van der Waals surface area contributed by atoms with E-state index >= 15 is 0 Å². The van der Waals surface area contributed by atoms with E-state index in [2.05, 4.69) is 0 Å². The van der Waals surface area contributed by atoms with Gasteiger partial charge in [-0.2, -0.15) is 0 Å². The van der Waals surface area contributed by atoms with Crippen molar-refractivity contribution >= 4 is 11.0 Å². The number of benzene rings is 1.